The van der Waals surface area contributed by atoms with Gasteiger partial charge in [0.15, 0.2) is 0 Å². The number of nitrogens with zero attached hydrogens (tertiary/aromatic N) is 1. The first-order valence-corrected chi connectivity index (χ1v) is 5.42. The van der Waals surface area contributed by atoms with Gasteiger partial charge in [0.25, 0.3) is 0 Å². The van der Waals surface area contributed by atoms with Gasteiger partial charge in [-0.25, -0.2) is 0 Å². The number of halogens is 1. The van der Waals surface area contributed by atoms with Crippen LogP contribution in [0.5, 0.6) is 0 Å². The van der Waals surface area contributed by atoms with Crippen LogP contribution in [0.2, 0.25) is 0 Å². The Kier molecular flexibility index (Phi) is 5.48. The maximum absolute atomic E-state index is 11.7. The first-order valence-electron chi connectivity index (χ1n) is 5.42. The molecule has 2 heterocycles. The fourth-order valence-corrected chi connectivity index (χ4v) is 1.81. The van der Waals surface area contributed by atoms with Crippen molar-refractivity contribution in [1.82, 2.24) is 10.2 Å². The molecule has 0 unspecified atom stereocenters. The number of methoxy groups -OCH3 is 1. The molecule has 94 valence electrons. The van der Waals surface area contributed by atoms with E-state index in [2.05, 4.69) is 5.32 Å². The lowest BCUT2D eigenvalue weighted by Crippen LogP contribution is -2.49. The van der Waals surface area contributed by atoms with E-state index in [0.29, 0.717) is 6.54 Å². The Morgan fingerprint density at radius 2 is 2.19 bits per heavy atom. The van der Waals surface area contributed by atoms with Crippen molar-refractivity contribution in [2.45, 2.75) is 18.6 Å². The number of hydrogen-bond donors (Lipinski definition) is 1. The minimum absolute atomic E-state index is 0. The van der Waals surface area contributed by atoms with E-state index >= 15 is 0 Å². The van der Waals surface area contributed by atoms with E-state index in [1.165, 1.54) is 0 Å². The Balaban J connectivity index is 0.00000128. The van der Waals surface area contributed by atoms with Crippen LogP contribution >= 0.6 is 12.4 Å². The molecule has 16 heavy (non-hydrogen) atoms. The number of hydrogen-bond acceptors (Lipinski definition) is 4. The van der Waals surface area contributed by atoms with Crippen LogP contribution in [-0.2, 0) is 14.3 Å². The molecule has 0 radical (unpaired) electrons. The van der Waals surface area contributed by atoms with E-state index < -0.39 is 0 Å². The van der Waals surface area contributed by atoms with Crippen LogP contribution in [0.1, 0.15) is 6.42 Å². The second-order valence-electron chi connectivity index (χ2n) is 4.08. The zero-order valence-corrected chi connectivity index (χ0v) is 10.3. The van der Waals surface area contributed by atoms with Crippen molar-refractivity contribution >= 4 is 18.3 Å². The van der Waals surface area contributed by atoms with Gasteiger partial charge in [0.2, 0.25) is 5.91 Å². The van der Waals surface area contributed by atoms with E-state index in [9.17, 15) is 4.79 Å². The number of carbonyl (C=O) groups is 1. The highest BCUT2D eigenvalue weighted by Gasteiger charge is 2.27. The number of nitrogens with one attached hydrogen (secondary N) is 1. The highest BCUT2D eigenvalue weighted by molar-refractivity contribution is 5.85. The summed E-state index contributed by atoms with van der Waals surface area (Å²) in [6.07, 6.45) is 1.38. The van der Waals surface area contributed by atoms with Crippen LogP contribution in [-0.4, -0.2) is 62.9 Å². The predicted molar refractivity (Wildman–Crippen MR) is 61.9 cm³/mol. The summed E-state index contributed by atoms with van der Waals surface area (Å²) in [6.45, 7) is 3.45. The third kappa shape index (κ3) is 3.31. The summed E-state index contributed by atoms with van der Waals surface area (Å²) < 4.78 is 10.6. The molecule has 1 atom stereocenters. The fourth-order valence-electron chi connectivity index (χ4n) is 1.81. The fraction of sp³-hybridized carbons (Fsp3) is 0.900. The first kappa shape index (κ1) is 13.7. The molecular formula is C10H19ClN2O3. The van der Waals surface area contributed by atoms with Gasteiger partial charge in [-0.3, -0.25) is 4.79 Å². The SMILES string of the molecule is CO[C@H]1CCN(C(=O)COC2CNC2)C1.Cl. The monoisotopic (exact) mass is 250 g/mol. The smallest absolute Gasteiger partial charge is 0.248 e. The van der Waals surface area contributed by atoms with Gasteiger partial charge in [-0.1, -0.05) is 0 Å². The van der Waals surface area contributed by atoms with E-state index in [0.717, 1.165) is 26.1 Å². The van der Waals surface area contributed by atoms with Gasteiger partial charge in [-0.05, 0) is 6.42 Å². The lowest BCUT2D eigenvalue weighted by molar-refractivity contribution is -0.138. The van der Waals surface area contributed by atoms with Crippen molar-refractivity contribution < 1.29 is 14.3 Å². The van der Waals surface area contributed by atoms with Crippen molar-refractivity contribution in [2.75, 3.05) is 39.9 Å². The molecule has 2 rings (SSSR count). The number of carbonyl (C=O) groups excluding carboxylic acids is 1. The zero-order valence-electron chi connectivity index (χ0n) is 9.48. The van der Waals surface area contributed by atoms with Crippen molar-refractivity contribution in [1.29, 1.82) is 0 Å². The van der Waals surface area contributed by atoms with Crippen LogP contribution in [0, 0.1) is 0 Å². The Hall–Kier alpha value is -0.360. The molecule has 1 N–H and O–H groups in total. The molecule has 0 aromatic heterocycles. The normalized spacial score (nSPS) is 25.1. The van der Waals surface area contributed by atoms with Crippen molar-refractivity contribution in [3.63, 3.8) is 0 Å². The molecule has 0 aromatic carbocycles. The van der Waals surface area contributed by atoms with Crippen LogP contribution in [0.15, 0.2) is 0 Å². The molecule has 0 saturated carbocycles. The third-order valence-electron chi connectivity index (χ3n) is 3.02. The molecule has 5 nitrogen and oxygen atoms in total. The van der Waals surface area contributed by atoms with Gasteiger partial charge in [-0.2, -0.15) is 0 Å². The van der Waals surface area contributed by atoms with Gasteiger partial charge in [0.1, 0.15) is 6.61 Å². The van der Waals surface area contributed by atoms with Crippen LogP contribution in [0.3, 0.4) is 0 Å². The molecule has 0 aliphatic carbocycles. The molecule has 0 spiro atoms. The summed E-state index contributed by atoms with van der Waals surface area (Å²) in [5, 5.41) is 3.10. The minimum atomic E-state index is 0. The summed E-state index contributed by atoms with van der Waals surface area (Å²) in [6, 6.07) is 0. The minimum Gasteiger partial charge on any atom is -0.380 e. The average Bonchev–Trinajstić information content (AvgIpc) is 2.63. The van der Waals surface area contributed by atoms with E-state index in [1.807, 2.05) is 4.90 Å². The Morgan fingerprint density at radius 3 is 2.69 bits per heavy atom. The zero-order chi connectivity index (χ0) is 10.7. The number of ether oxygens (including phenoxy) is 2. The highest BCUT2D eigenvalue weighted by atomic mass is 35.5. The first-order chi connectivity index (χ1) is 7.29. The molecule has 0 bridgehead atoms. The molecule has 2 fully saturated rings. The lowest BCUT2D eigenvalue weighted by atomic mass is 10.2. The lowest BCUT2D eigenvalue weighted by Gasteiger charge is -2.27. The van der Waals surface area contributed by atoms with E-state index in [1.54, 1.807) is 7.11 Å². The Labute approximate surface area is 102 Å². The molecule has 6 heteroatoms. The standard InChI is InChI=1S/C10H18N2O3.ClH/c1-14-8-2-3-12(6-8)10(13)7-15-9-4-11-5-9;/h8-9,11H,2-7H2,1H3;1H/t8-;/m0./s1. The van der Waals surface area contributed by atoms with E-state index in [-0.39, 0.29) is 37.1 Å². The number of likely N-dealkylation sites (tertiary alicyclic amines) is 1. The summed E-state index contributed by atoms with van der Waals surface area (Å²) in [5.74, 6) is 0.0847. The topological polar surface area (TPSA) is 50.8 Å². The number of amides is 1. The van der Waals surface area contributed by atoms with Gasteiger partial charge in [0.05, 0.1) is 12.2 Å². The van der Waals surface area contributed by atoms with Crippen LogP contribution in [0.25, 0.3) is 0 Å². The average molecular weight is 251 g/mol. The maximum atomic E-state index is 11.7. The van der Waals surface area contributed by atoms with Crippen molar-refractivity contribution in [3.8, 4) is 0 Å². The number of rotatable bonds is 4. The molecule has 2 aliphatic rings. The van der Waals surface area contributed by atoms with Crippen molar-refractivity contribution in [3.05, 3.63) is 0 Å². The molecule has 0 aromatic rings. The second kappa shape index (κ2) is 6.39. The van der Waals surface area contributed by atoms with Gasteiger partial charge < -0.3 is 19.7 Å². The van der Waals surface area contributed by atoms with E-state index in [4.69, 9.17) is 9.47 Å². The van der Waals surface area contributed by atoms with Crippen LogP contribution < -0.4 is 5.32 Å². The largest absolute Gasteiger partial charge is 0.380 e. The predicted octanol–water partition coefficient (Wildman–Crippen LogP) is -0.356. The summed E-state index contributed by atoms with van der Waals surface area (Å²) in [4.78, 5) is 13.5. The molecule has 1 amide bonds. The quantitative estimate of drug-likeness (QED) is 0.741. The van der Waals surface area contributed by atoms with Gasteiger partial charge in [-0.15, -0.1) is 12.4 Å². The second-order valence-corrected chi connectivity index (χ2v) is 4.08. The Bertz CT molecular complexity index is 236. The Morgan fingerprint density at radius 1 is 1.44 bits per heavy atom. The molecule has 2 aliphatic heterocycles. The summed E-state index contributed by atoms with van der Waals surface area (Å²) in [7, 11) is 1.69. The van der Waals surface area contributed by atoms with Crippen LogP contribution in [0.4, 0.5) is 0 Å². The maximum Gasteiger partial charge on any atom is 0.248 e. The van der Waals surface area contributed by atoms with Gasteiger partial charge in [0, 0.05) is 33.3 Å². The summed E-state index contributed by atoms with van der Waals surface area (Å²) >= 11 is 0. The molecular weight excluding hydrogens is 232 g/mol. The summed E-state index contributed by atoms with van der Waals surface area (Å²) in [5.41, 5.74) is 0. The van der Waals surface area contributed by atoms with Crippen molar-refractivity contribution in [2.24, 2.45) is 0 Å². The molecule has 2 saturated heterocycles. The van der Waals surface area contributed by atoms with Gasteiger partial charge >= 0.3 is 0 Å². The third-order valence-corrected chi connectivity index (χ3v) is 3.02. The highest BCUT2D eigenvalue weighted by Crippen LogP contribution is 2.12.